The Kier molecular flexibility index (Phi) is 3.48. The minimum Gasteiger partial charge on any atom is -0.397 e. The van der Waals surface area contributed by atoms with Crippen molar-refractivity contribution in [1.29, 1.82) is 0 Å². The number of aryl methyl sites for hydroxylation is 1. The number of anilines is 1. The Hall–Kier alpha value is -2.55. The van der Waals surface area contributed by atoms with Crippen LogP contribution in [0, 0.1) is 0 Å². The van der Waals surface area contributed by atoms with E-state index in [1.54, 1.807) is 18.6 Å². The van der Waals surface area contributed by atoms with Gasteiger partial charge in [-0.2, -0.15) is 5.10 Å². The van der Waals surface area contributed by atoms with Crippen molar-refractivity contribution in [3.8, 4) is 0 Å². The van der Waals surface area contributed by atoms with Crippen molar-refractivity contribution in [2.24, 2.45) is 7.05 Å². The molecule has 3 heterocycles. The highest BCUT2D eigenvalue weighted by Gasteiger charge is 2.17. The first-order chi connectivity index (χ1) is 10.2. The van der Waals surface area contributed by atoms with Gasteiger partial charge in [0.2, 0.25) is 0 Å². The molecule has 8 nitrogen and oxygen atoms in total. The number of nitrogens with zero attached hydrogens (tertiary/aromatic N) is 5. The van der Waals surface area contributed by atoms with E-state index in [4.69, 9.17) is 5.73 Å². The predicted molar refractivity (Wildman–Crippen MR) is 78.9 cm³/mol. The summed E-state index contributed by atoms with van der Waals surface area (Å²) in [5.41, 5.74) is 6.43. The molecule has 0 spiro atoms. The van der Waals surface area contributed by atoms with E-state index in [1.807, 2.05) is 11.6 Å². The lowest BCUT2D eigenvalue weighted by Gasteiger charge is -2.04. The van der Waals surface area contributed by atoms with E-state index in [9.17, 15) is 4.79 Å². The van der Waals surface area contributed by atoms with Crippen LogP contribution >= 0.6 is 11.3 Å². The number of nitrogen functional groups attached to an aromatic ring is 1. The zero-order valence-electron chi connectivity index (χ0n) is 11.3. The number of aromatic nitrogens is 5. The lowest BCUT2D eigenvalue weighted by Crippen LogP contribution is -2.26. The number of hydrogen-bond acceptors (Lipinski definition) is 7. The van der Waals surface area contributed by atoms with Crippen LogP contribution in [0.5, 0.6) is 0 Å². The van der Waals surface area contributed by atoms with Gasteiger partial charge in [-0.15, -0.1) is 26.6 Å². The Morgan fingerprint density at radius 2 is 2.29 bits per heavy atom. The van der Waals surface area contributed by atoms with Gasteiger partial charge in [0.25, 0.3) is 5.91 Å². The Morgan fingerprint density at radius 1 is 1.43 bits per heavy atom. The number of thiophene rings is 1. The Bertz CT molecular complexity index is 794. The van der Waals surface area contributed by atoms with Crippen LogP contribution in [0.2, 0.25) is 0 Å². The van der Waals surface area contributed by atoms with Crippen molar-refractivity contribution >= 4 is 33.1 Å². The Morgan fingerprint density at radius 3 is 3.00 bits per heavy atom. The summed E-state index contributed by atoms with van der Waals surface area (Å²) in [6, 6.07) is 1.75. The summed E-state index contributed by atoms with van der Waals surface area (Å²) in [6.07, 6.45) is 3.79. The van der Waals surface area contributed by atoms with Gasteiger partial charge >= 0.3 is 0 Å². The first-order valence-electron chi connectivity index (χ1n) is 6.27. The Labute approximate surface area is 124 Å². The van der Waals surface area contributed by atoms with E-state index in [1.165, 1.54) is 11.3 Å². The van der Waals surface area contributed by atoms with E-state index in [-0.39, 0.29) is 5.91 Å². The fourth-order valence-corrected chi connectivity index (χ4v) is 2.90. The summed E-state index contributed by atoms with van der Waals surface area (Å²) in [5.74, 6) is 0.600. The average Bonchev–Trinajstić information content (AvgIpc) is 3.04. The standard InChI is InChI=1S/C12H13N7OS/c1-19-6-16-17-8(19)3-4-14-11(20)10-9(13)7-2-5-15-18-12(7)21-10/h2,5-6H,3-4,13H2,1H3,(H,14,20). The lowest BCUT2D eigenvalue weighted by molar-refractivity contribution is 0.0959. The van der Waals surface area contributed by atoms with Crippen LogP contribution in [0.25, 0.3) is 10.2 Å². The van der Waals surface area contributed by atoms with Gasteiger partial charge < -0.3 is 15.6 Å². The van der Waals surface area contributed by atoms with Crippen molar-refractivity contribution in [3.63, 3.8) is 0 Å². The summed E-state index contributed by atoms with van der Waals surface area (Å²) < 4.78 is 1.82. The molecular weight excluding hydrogens is 290 g/mol. The SMILES string of the molecule is Cn1cnnc1CCNC(=O)c1sc2nnccc2c1N. The molecule has 0 aliphatic heterocycles. The van der Waals surface area contributed by atoms with Crippen LogP contribution in [0.4, 0.5) is 5.69 Å². The van der Waals surface area contributed by atoms with E-state index < -0.39 is 0 Å². The molecule has 0 fully saturated rings. The first-order valence-corrected chi connectivity index (χ1v) is 7.09. The average molecular weight is 303 g/mol. The molecule has 0 aliphatic rings. The van der Waals surface area contributed by atoms with E-state index in [0.29, 0.717) is 28.4 Å². The van der Waals surface area contributed by atoms with Crippen molar-refractivity contribution < 1.29 is 4.79 Å². The van der Waals surface area contributed by atoms with E-state index >= 15 is 0 Å². The minimum atomic E-state index is -0.210. The van der Waals surface area contributed by atoms with E-state index in [2.05, 4.69) is 25.7 Å². The molecular formula is C12H13N7OS. The fourth-order valence-electron chi connectivity index (χ4n) is 1.94. The molecule has 0 atom stereocenters. The summed E-state index contributed by atoms with van der Waals surface area (Å²) >= 11 is 1.24. The van der Waals surface area contributed by atoms with Gasteiger partial charge in [0.15, 0.2) is 0 Å². The molecule has 0 aliphatic carbocycles. The molecule has 1 amide bonds. The molecule has 3 rings (SSSR count). The summed E-state index contributed by atoms with van der Waals surface area (Å²) in [5, 5.41) is 19.1. The van der Waals surface area contributed by atoms with Gasteiger partial charge in [-0.25, -0.2) is 0 Å². The van der Waals surface area contributed by atoms with Gasteiger partial charge in [-0.05, 0) is 6.07 Å². The maximum atomic E-state index is 12.2. The summed E-state index contributed by atoms with van der Waals surface area (Å²) in [7, 11) is 1.86. The highest BCUT2D eigenvalue weighted by atomic mass is 32.1. The third-order valence-corrected chi connectivity index (χ3v) is 4.17. The third-order valence-electron chi connectivity index (χ3n) is 3.07. The molecule has 3 N–H and O–H groups in total. The van der Waals surface area contributed by atoms with Crippen molar-refractivity contribution in [2.45, 2.75) is 6.42 Å². The van der Waals surface area contributed by atoms with Crippen LogP contribution < -0.4 is 11.1 Å². The molecule has 0 saturated carbocycles. The molecule has 3 aromatic rings. The minimum absolute atomic E-state index is 0.210. The zero-order valence-corrected chi connectivity index (χ0v) is 12.1. The molecule has 9 heteroatoms. The highest BCUT2D eigenvalue weighted by Crippen LogP contribution is 2.31. The van der Waals surface area contributed by atoms with Crippen molar-refractivity contribution in [2.75, 3.05) is 12.3 Å². The molecule has 0 saturated heterocycles. The van der Waals surface area contributed by atoms with E-state index in [0.717, 1.165) is 11.2 Å². The number of nitrogens with two attached hydrogens (primary N) is 1. The van der Waals surface area contributed by atoms with Gasteiger partial charge in [0.05, 0.1) is 11.9 Å². The van der Waals surface area contributed by atoms with Crippen LogP contribution in [-0.2, 0) is 13.5 Å². The maximum Gasteiger partial charge on any atom is 0.263 e. The maximum absolute atomic E-state index is 12.2. The fraction of sp³-hybridized carbons (Fsp3) is 0.250. The molecule has 0 bridgehead atoms. The highest BCUT2D eigenvalue weighted by molar-refractivity contribution is 7.21. The largest absolute Gasteiger partial charge is 0.397 e. The zero-order chi connectivity index (χ0) is 14.8. The van der Waals surface area contributed by atoms with Crippen LogP contribution in [0.1, 0.15) is 15.5 Å². The van der Waals surface area contributed by atoms with Gasteiger partial charge in [0, 0.05) is 25.4 Å². The molecule has 0 radical (unpaired) electrons. The van der Waals surface area contributed by atoms with Crippen LogP contribution in [0.3, 0.4) is 0 Å². The third kappa shape index (κ3) is 2.55. The van der Waals surface area contributed by atoms with Crippen LogP contribution in [-0.4, -0.2) is 37.4 Å². The summed E-state index contributed by atoms with van der Waals surface area (Å²) in [4.78, 5) is 13.3. The number of carbonyl (C=O) groups excluding carboxylic acids is 1. The van der Waals surface area contributed by atoms with Crippen molar-refractivity contribution in [3.05, 3.63) is 29.3 Å². The van der Waals surface area contributed by atoms with Crippen LogP contribution in [0.15, 0.2) is 18.6 Å². The first kappa shape index (κ1) is 13.4. The van der Waals surface area contributed by atoms with Gasteiger partial charge in [0.1, 0.15) is 21.9 Å². The Balaban J connectivity index is 1.70. The number of rotatable bonds is 4. The number of nitrogens with one attached hydrogen (secondary N) is 1. The second kappa shape index (κ2) is 5.44. The number of hydrogen-bond donors (Lipinski definition) is 2. The predicted octanol–water partition coefficient (Wildman–Crippen LogP) is 0.374. The van der Waals surface area contributed by atoms with Crippen molar-refractivity contribution in [1.82, 2.24) is 30.3 Å². The van der Waals surface area contributed by atoms with Gasteiger partial charge in [-0.3, -0.25) is 4.79 Å². The summed E-state index contributed by atoms with van der Waals surface area (Å²) in [6.45, 7) is 0.463. The molecule has 0 aromatic carbocycles. The second-order valence-corrected chi connectivity index (χ2v) is 5.46. The molecule has 108 valence electrons. The monoisotopic (exact) mass is 303 g/mol. The molecule has 21 heavy (non-hydrogen) atoms. The number of carbonyl (C=O) groups is 1. The smallest absolute Gasteiger partial charge is 0.263 e. The number of fused-ring (bicyclic) bond motifs is 1. The lowest BCUT2D eigenvalue weighted by atomic mass is 10.3. The topological polar surface area (TPSA) is 112 Å². The molecule has 3 aromatic heterocycles. The quantitative estimate of drug-likeness (QED) is 0.720. The second-order valence-electron chi connectivity index (χ2n) is 4.46. The molecule has 0 unspecified atom stereocenters. The van der Waals surface area contributed by atoms with Gasteiger partial charge in [-0.1, -0.05) is 0 Å². The number of amides is 1. The normalized spacial score (nSPS) is 10.9.